The Morgan fingerprint density at radius 2 is 1.94 bits per heavy atom. The van der Waals surface area contributed by atoms with Gasteiger partial charge in [0, 0.05) is 16.8 Å². The maximum Gasteiger partial charge on any atom is 0.266 e. The first-order chi connectivity index (χ1) is 8.13. The zero-order chi connectivity index (χ0) is 12.4. The molecule has 0 saturated heterocycles. The van der Waals surface area contributed by atoms with E-state index in [9.17, 15) is 4.79 Å². The second-order valence-corrected chi connectivity index (χ2v) is 4.11. The Bertz CT molecular complexity index is 651. The lowest BCUT2D eigenvalue weighted by Gasteiger charge is -2.07. The molecule has 17 heavy (non-hydrogen) atoms. The van der Waals surface area contributed by atoms with Gasteiger partial charge in [0.1, 0.15) is 11.6 Å². The average molecular weight is 245 g/mol. The number of nitriles is 1. The van der Waals surface area contributed by atoms with E-state index in [-0.39, 0.29) is 11.1 Å². The Morgan fingerprint density at radius 3 is 2.53 bits per heavy atom. The van der Waals surface area contributed by atoms with Crippen LogP contribution >= 0.6 is 11.6 Å². The van der Waals surface area contributed by atoms with Crippen molar-refractivity contribution in [3.63, 3.8) is 0 Å². The minimum absolute atomic E-state index is 0.132. The Morgan fingerprint density at radius 1 is 1.29 bits per heavy atom. The van der Waals surface area contributed by atoms with Gasteiger partial charge in [-0.1, -0.05) is 23.7 Å². The second-order valence-electron chi connectivity index (χ2n) is 3.67. The fraction of sp³-hybridized carbons (Fsp3) is 0.0769. The van der Waals surface area contributed by atoms with Gasteiger partial charge in [-0.3, -0.25) is 4.79 Å². The number of aryl methyl sites for hydroxylation is 1. The zero-order valence-corrected chi connectivity index (χ0v) is 9.88. The van der Waals surface area contributed by atoms with Crippen LogP contribution in [0.25, 0.3) is 11.1 Å². The first kappa shape index (κ1) is 11.4. The van der Waals surface area contributed by atoms with Crippen LogP contribution in [0.3, 0.4) is 0 Å². The number of hydrogen-bond donors (Lipinski definition) is 1. The predicted octanol–water partition coefficient (Wildman–Crippen LogP) is 2.88. The molecule has 0 unspecified atom stereocenters. The first-order valence-corrected chi connectivity index (χ1v) is 5.39. The van der Waals surface area contributed by atoms with Gasteiger partial charge in [0.2, 0.25) is 0 Å². The lowest BCUT2D eigenvalue weighted by molar-refractivity contribution is 1.18. The maximum atomic E-state index is 11.6. The zero-order valence-electron chi connectivity index (χ0n) is 9.12. The lowest BCUT2D eigenvalue weighted by atomic mass is 9.98. The van der Waals surface area contributed by atoms with E-state index in [4.69, 9.17) is 16.9 Å². The SMILES string of the molecule is Cc1c[nH]c(=O)c(C#N)c1-c1ccc(Cl)cc1. The molecule has 84 valence electrons. The van der Waals surface area contributed by atoms with Crippen molar-refractivity contribution in [2.75, 3.05) is 0 Å². The van der Waals surface area contributed by atoms with Gasteiger partial charge in [-0.25, -0.2) is 0 Å². The Hall–Kier alpha value is -2.05. The maximum absolute atomic E-state index is 11.6. The van der Waals surface area contributed by atoms with E-state index in [1.807, 2.05) is 13.0 Å². The number of H-pyrrole nitrogens is 1. The molecular formula is C13H9ClN2O. The molecule has 1 aromatic heterocycles. The third kappa shape index (κ3) is 2.08. The molecule has 3 nitrogen and oxygen atoms in total. The number of nitrogens with one attached hydrogen (secondary N) is 1. The summed E-state index contributed by atoms with van der Waals surface area (Å²) in [4.78, 5) is 14.1. The molecule has 0 atom stereocenters. The van der Waals surface area contributed by atoms with Crippen molar-refractivity contribution in [1.29, 1.82) is 5.26 Å². The number of benzene rings is 1. The smallest absolute Gasteiger partial charge is 0.266 e. The van der Waals surface area contributed by atoms with Gasteiger partial charge in [0.05, 0.1) is 0 Å². The number of pyridine rings is 1. The first-order valence-electron chi connectivity index (χ1n) is 5.02. The molecular weight excluding hydrogens is 236 g/mol. The second kappa shape index (κ2) is 4.44. The summed E-state index contributed by atoms with van der Waals surface area (Å²) in [7, 11) is 0. The molecule has 2 rings (SSSR count). The number of aromatic amines is 1. The van der Waals surface area contributed by atoms with Crippen LogP contribution in [0.4, 0.5) is 0 Å². The van der Waals surface area contributed by atoms with E-state index in [2.05, 4.69) is 4.98 Å². The molecule has 0 aliphatic heterocycles. The van der Waals surface area contributed by atoms with Crippen LogP contribution in [-0.4, -0.2) is 4.98 Å². The van der Waals surface area contributed by atoms with Gasteiger partial charge in [-0.15, -0.1) is 0 Å². The van der Waals surface area contributed by atoms with Gasteiger partial charge in [-0.2, -0.15) is 5.26 Å². The summed E-state index contributed by atoms with van der Waals surface area (Å²) >= 11 is 5.81. The highest BCUT2D eigenvalue weighted by Gasteiger charge is 2.11. The molecule has 0 aliphatic rings. The number of aromatic nitrogens is 1. The molecule has 1 aromatic carbocycles. The normalized spacial score (nSPS) is 9.94. The molecule has 0 spiro atoms. The van der Waals surface area contributed by atoms with Crippen LogP contribution in [-0.2, 0) is 0 Å². The molecule has 0 bridgehead atoms. The van der Waals surface area contributed by atoms with Crippen molar-refractivity contribution < 1.29 is 0 Å². The molecule has 1 N–H and O–H groups in total. The van der Waals surface area contributed by atoms with Crippen LogP contribution in [0.2, 0.25) is 5.02 Å². The number of nitrogens with zero attached hydrogens (tertiary/aromatic N) is 1. The molecule has 0 amide bonds. The van der Waals surface area contributed by atoms with Crippen molar-refractivity contribution in [3.8, 4) is 17.2 Å². The van der Waals surface area contributed by atoms with Gasteiger partial charge >= 0.3 is 0 Å². The summed E-state index contributed by atoms with van der Waals surface area (Å²) in [5.74, 6) is 0. The molecule has 4 heteroatoms. The van der Waals surface area contributed by atoms with Crippen LogP contribution in [0.1, 0.15) is 11.1 Å². The molecule has 1 heterocycles. The van der Waals surface area contributed by atoms with E-state index in [1.54, 1.807) is 30.5 Å². The van der Waals surface area contributed by atoms with Crippen LogP contribution < -0.4 is 5.56 Å². The number of rotatable bonds is 1. The van der Waals surface area contributed by atoms with Crippen LogP contribution in [0.15, 0.2) is 35.3 Å². The summed E-state index contributed by atoms with van der Waals surface area (Å²) in [5.41, 5.74) is 2.08. The average Bonchev–Trinajstić information content (AvgIpc) is 2.33. The van der Waals surface area contributed by atoms with Crippen LogP contribution in [0, 0.1) is 18.3 Å². The summed E-state index contributed by atoms with van der Waals surface area (Å²) in [6, 6.07) is 9.00. The molecule has 2 aromatic rings. The van der Waals surface area contributed by atoms with Gasteiger partial charge in [0.15, 0.2) is 0 Å². The van der Waals surface area contributed by atoms with Crippen molar-refractivity contribution in [1.82, 2.24) is 4.98 Å². The van der Waals surface area contributed by atoms with Crippen LogP contribution in [0.5, 0.6) is 0 Å². The highest BCUT2D eigenvalue weighted by molar-refractivity contribution is 6.30. The van der Waals surface area contributed by atoms with Crippen molar-refractivity contribution in [2.45, 2.75) is 6.92 Å². The van der Waals surface area contributed by atoms with Gasteiger partial charge in [0.25, 0.3) is 5.56 Å². The van der Waals surface area contributed by atoms with Crippen molar-refractivity contribution in [3.05, 3.63) is 57.0 Å². The van der Waals surface area contributed by atoms with Crippen molar-refractivity contribution >= 4 is 11.6 Å². The van der Waals surface area contributed by atoms with Gasteiger partial charge < -0.3 is 4.98 Å². The summed E-state index contributed by atoms with van der Waals surface area (Å²) in [5, 5.41) is 9.66. The van der Waals surface area contributed by atoms with E-state index >= 15 is 0 Å². The van der Waals surface area contributed by atoms with E-state index in [0.717, 1.165) is 11.1 Å². The molecule has 0 aliphatic carbocycles. The van der Waals surface area contributed by atoms with Crippen molar-refractivity contribution in [2.24, 2.45) is 0 Å². The Labute approximate surface area is 103 Å². The Kier molecular flexibility index (Phi) is 2.99. The molecule has 0 fully saturated rings. The summed E-state index contributed by atoms with van der Waals surface area (Å²) in [6.45, 7) is 1.85. The highest BCUT2D eigenvalue weighted by atomic mass is 35.5. The highest BCUT2D eigenvalue weighted by Crippen LogP contribution is 2.25. The standard InChI is InChI=1S/C13H9ClN2O/c1-8-7-16-13(17)11(6-15)12(8)9-2-4-10(14)5-3-9/h2-5,7H,1H3,(H,16,17). The molecule has 0 radical (unpaired) electrons. The monoisotopic (exact) mass is 244 g/mol. The number of halogens is 1. The predicted molar refractivity (Wildman–Crippen MR) is 67.0 cm³/mol. The van der Waals surface area contributed by atoms with E-state index in [0.29, 0.717) is 10.6 Å². The third-order valence-electron chi connectivity index (χ3n) is 2.54. The minimum atomic E-state index is -0.372. The summed E-state index contributed by atoms with van der Waals surface area (Å²) in [6.07, 6.45) is 1.60. The van der Waals surface area contributed by atoms with E-state index in [1.165, 1.54) is 0 Å². The minimum Gasteiger partial charge on any atom is -0.328 e. The number of hydrogen-bond acceptors (Lipinski definition) is 2. The van der Waals surface area contributed by atoms with Gasteiger partial charge in [-0.05, 0) is 30.2 Å². The molecule has 0 saturated carbocycles. The Balaban J connectivity index is 2.75. The lowest BCUT2D eigenvalue weighted by Crippen LogP contribution is -2.12. The fourth-order valence-electron chi connectivity index (χ4n) is 1.72. The summed E-state index contributed by atoms with van der Waals surface area (Å²) < 4.78 is 0. The third-order valence-corrected chi connectivity index (χ3v) is 2.79. The quantitative estimate of drug-likeness (QED) is 0.839. The van der Waals surface area contributed by atoms with E-state index < -0.39 is 0 Å². The fourth-order valence-corrected chi connectivity index (χ4v) is 1.85. The topological polar surface area (TPSA) is 56.6 Å². The largest absolute Gasteiger partial charge is 0.328 e.